The fourth-order valence-corrected chi connectivity index (χ4v) is 5.79. The minimum atomic E-state index is -4.71. The van der Waals surface area contributed by atoms with E-state index >= 15 is 0 Å². The Bertz CT molecular complexity index is 1020. The second-order valence-corrected chi connectivity index (χ2v) is 14.5. The molecule has 4 N–H and O–H groups in total. The second kappa shape index (κ2) is 34.8. The van der Waals surface area contributed by atoms with Gasteiger partial charge >= 0.3 is 25.7 Å². The van der Waals surface area contributed by atoms with Gasteiger partial charge in [0, 0.05) is 12.8 Å². The first-order valence-corrected chi connectivity index (χ1v) is 21.0. The number of unbranched alkanes of at least 4 members (excludes halogenated alkanes) is 16. The number of carbonyl (C=O) groups excluding carboxylic acids is 2. The second-order valence-electron chi connectivity index (χ2n) is 13.1. The molecule has 296 valence electrons. The summed E-state index contributed by atoms with van der Waals surface area (Å²) < 4.78 is 32.5. The summed E-state index contributed by atoms with van der Waals surface area (Å²) in [7, 11) is -4.71. The molecule has 11 nitrogen and oxygen atoms in total. The summed E-state index contributed by atoms with van der Waals surface area (Å²) in [6, 6.07) is -1.52. The van der Waals surface area contributed by atoms with Gasteiger partial charge in [0.05, 0.1) is 13.2 Å². The third-order valence-corrected chi connectivity index (χ3v) is 9.09. The average Bonchev–Trinajstić information content (AvgIpc) is 3.10. The highest BCUT2D eigenvalue weighted by Crippen LogP contribution is 2.43. The minimum absolute atomic E-state index is 0.147. The third kappa shape index (κ3) is 34.5. The highest BCUT2D eigenvalue weighted by Gasteiger charge is 2.28. The van der Waals surface area contributed by atoms with Crippen molar-refractivity contribution in [3.05, 3.63) is 36.5 Å². The molecular formula is C39H70NO10P. The predicted octanol–water partition coefficient (Wildman–Crippen LogP) is 9.67. The number of esters is 2. The standard InChI is InChI=1S/C39H70NO10P/c1-3-5-7-9-11-13-14-15-16-17-18-19-20-21-22-23-25-27-29-31-38(42)50-35(33-48-51(45,46)49-34-36(40)39(43)44)32-47-37(41)30-28-26-24-12-10-8-6-4-2/h11,13,15-16,18-19,35-36H,3-10,12,14,17,20-34,40H2,1-2H3,(H,43,44)(H,45,46)/b13-11-,16-15-,19-18-. The molecule has 0 heterocycles. The Kier molecular flexibility index (Phi) is 33.2. The van der Waals surface area contributed by atoms with Crippen LogP contribution >= 0.6 is 7.82 Å². The molecule has 0 spiro atoms. The smallest absolute Gasteiger partial charge is 0.472 e. The summed E-state index contributed by atoms with van der Waals surface area (Å²) in [4.78, 5) is 45.6. The van der Waals surface area contributed by atoms with Gasteiger partial charge in [-0.3, -0.25) is 23.4 Å². The summed E-state index contributed by atoms with van der Waals surface area (Å²) in [6.07, 6.45) is 35.1. The topological polar surface area (TPSA) is 172 Å². The number of phosphoric ester groups is 1. The molecule has 12 heteroatoms. The first kappa shape index (κ1) is 48.7. The first-order chi connectivity index (χ1) is 24.6. The molecule has 0 radical (unpaired) electrons. The van der Waals surface area contributed by atoms with E-state index < -0.39 is 51.1 Å². The van der Waals surface area contributed by atoms with E-state index in [1.807, 2.05) is 0 Å². The molecule has 0 aromatic rings. The van der Waals surface area contributed by atoms with Gasteiger partial charge < -0.3 is 25.2 Å². The van der Waals surface area contributed by atoms with Crippen molar-refractivity contribution < 1.29 is 47.5 Å². The number of aliphatic carboxylic acids is 1. The number of allylic oxidation sites excluding steroid dienone is 6. The molecule has 3 unspecified atom stereocenters. The van der Waals surface area contributed by atoms with Crippen molar-refractivity contribution >= 4 is 25.7 Å². The zero-order chi connectivity index (χ0) is 37.8. The number of phosphoric acid groups is 1. The molecule has 51 heavy (non-hydrogen) atoms. The van der Waals surface area contributed by atoms with Crippen LogP contribution in [-0.2, 0) is 37.5 Å². The van der Waals surface area contributed by atoms with Gasteiger partial charge in [-0.05, 0) is 51.4 Å². The van der Waals surface area contributed by atoms with Crippen LogP contribution in [0.25, 0.3) is 0 Å². The van der Waals surface area contributed by atoms with Gasteiger partial charge in [0.15, 0.2) is 6.10 Å². The maximum Gasteiger partial charge on any atom is 0.472 e. The predicted molar refractivity (Wildman–Crippen MR) is 203 cm³/mol. The van der Waals surface area contributed by atoms with E-state index in [-0.39, 0.29) is 19.4 Å². The Morgan fingerprint density at radius 2 is 1.04 bits per heavy atom. The van der Waals surface area contributed by atoms with Gasteiger partial charge in [-0.25, -0.2) is 4.57 Å². The third-order valence-electron chi connectivity index (χ3n) is 8.14. The summed E-state index contributed by atoms with van der Waals surface area (Å²) in [6.45, 7) is 2.70. The van der Waals surface area contributed by atoms with Crippen LogP contribution in [0.4, 0.5) is 0 Å². The van der Waals surface area contributed by atoms with Crippen LogP contribution in [0.15, 0.2) is 36.5 Å². The molecule has 0 aromatic heterocycles. The molecule has 0 aliphatic carbocycles. The maximum absolute atomic E-state index is 12.6. The van der Waals surface area contributed by atoms with Gasteiger partial charge in [0.2, 0.25) is 0 Å². The number of hydrogen-bond donors (Lipinski definition) is 3. The van der Waals surface area contributed by atoms with Crippen molar-refractivity contribution in [1.29, 1.82) is 0 Å². The molecule has 3 atom stereocenters. The zero-order valence-corrected chi connectivity index (χ0v) is 32.6. The average molecular weight is 744 g/mol. The maximum atomic E-state index is 12.6. The number of rotatable bonds is 36. The van der Waals surface area contributed by atoms with Gasteiger partial charge in [-0.15, -0.1) is 0 Å². The zero-order valence-electron chi connectivity index (χ0n) is 31.7. The van der Waals surface area contributed by atoms with Crippen molar-refractivity contribution in [1.82, 2.24) is 0 Å². The molecule has 0 amide bonds. The monoisotopic (exact) mass is 743 g/mol. The SMILES string of the molecule is CCCCC/C=C\C/C=C\C/C=C\CCCCCCCCC(=O)OC(COC(=O)CCCCCCCCCC)COP(=O)(O)OCC(N)C(=O)O. The van der Waals surface area contributed by atoms with Crippen LogP contribution in [0.1, 0.15) is 162 Å². The summed E-state index contributed by atoms with van der Waals surface area (Å²) >= 11 is 0. The van der Waals surface area contributed by atoms with Crippen LogP contribution < -0.4 is 5.73 Å². The van der Waals surface area contributed by atoms with Gasteiger partial charge in [0.1, 0.15) is 12.6 Å². The molecule has 0 aromatic carbocycles. The van der Waals surface area contributed by atoms with Crippen molar-refractivity contribution in [2.24, 2.45) is 5.73 Å². The first-order valence-electron chi connectivity index (χ1n) is 19.5. The van der Waals surface area contributed by atoms with E-state index in [0.29, 0.717) is 12.8 Å². The number of carboxylic acids is 1. The Morgan fingerprint density at radius 3 is 1.59 bits per heavy atom. The largest absolute Gasteiger partial charge is 0.480 e. The minimum Gasteiger partial charge on any atom is -0.480 e. The Morgan fingerprint density at radius 1 is 0.608 bits per heavy atom. The van der Waals surface area contributed by atoms with Gasteiger partial charge in [0.25, 0.3) is 0 Å². The van der Waals surface area contributed by atoms with Crippen molar-refractivity contribution in [3.8, 4) is 0 Å². The van der Waals surface area contributed by atoms with Crippen LogP contribution in [-0.4, -0.2) is 59.9 Å². The Balaban J connectivity index is 4.38. The highest BCUT2D eigenvalue weighted by molar-refractivity contribution is 7.47. The molecule has 0 saturated carbocycles. The molecule has 0 saturated heterocycles. The molecule has 0 rings (SSSR count). The normalized spacial score (nSPS) is 14.3. The van der Waals surface area contributed by atoms with E-state index in [1.54, 1.807) is 0 Å². The fourth-order valence-electron chi connectivity index (χ4n) is 5.01. The van der Waals surface area contributed by atoms with Gasteiger partial charge in [-0.1, -0.05) is 134 Å². The molecule has 0 aliphatic heterocycles. The van der Waals surface area contributed by atoms with E-state index in [2.05, 4.69) is 54.8 Å². The van der Waals surface area contributed by atoms with Crippen LogP contribution in [0.2, 0.25) is 0 Å². The quantitative estimate of drug-likeness (QED) is 0.0241. The summed E-state index contributed by atoms with van der Waals surface area (Å²) in [5.74, 6) is -2.40. The Hall–Kier alpha value is -2.30. The van der Waals surface area contributed by atoms with E-state index in [0.717, 1.165) is 70.6 Å². The lowest BCUT2D eigenvalue weighted by Crippen LogP contribution is -2.34. The van der Waals surface area contributed by atoms with Crippen LogP contribution in [0, 0.1) is 0 Å². The fraction of sp³-hybridized carbons (Fsp3) is 0.769. The lowest BCUT2D eigenvalue weighted by atomic mass is 10.1. The number of ether oxygens (including phenoxy) is 2. The molecular weight excluding hydrogens is 673 g/mol. The van der Waals surface area contributed by atoms with Crippen LogP contribution in [0.5, 0.6) is 0 Å². The molecule has 0 fully saturated rings. The number of carbonyl (C=O) groups is 3. The van der Waals surface area contributed by atoms with Crippen molar-refractivity contribution in [3.63, 3.8) is 0 Å². The highest BCUT2D eigenvalue weighted by atomic mass is 31.2. The van der Waals surface area contributed by atoms with Crippen molar-refractivity contribution in [2.75, 3.05) is 19.8 Å². The summed E-state index contributed by atoms with van der Waals surface area (Å²) in [5.41, 5.74) is 5.31. The Labute approximate surface area is 308 Å². The number of hydrogen-bond acceptors (Lipinski definition) is 9. The lowest BCUT2D eigenvalue weighted by molar-refractivity contribution is -0.161. The molecule has 0 bridgehead atoms. The lowest BCUT2D eigenvalue weighted by Gasteiger charge is -2.20. The number of nitrogens with two attached hydrogens (primary N) is 1. The molecule has 0 aliphatic rings. The van der Waals surface area contributed by atoms with Crippen molar-refractivity contribution in [2.45, 2.75) is 174 Å². The van der Waals surface area contributed by atoms with E-state index in [9.17, 15) is 23.8 Å². The van der Waals surface area contributed by atoms with E-state index in [1.165, 1.54) is 51.4 Å². The van der Waals surface area contributed by atoms with Crippen LogP contribution in [0.3, 0.4) is 0 Å². The van der Waals surface area contributed by atoms with E-state index in [4.69, 9.17) is 24.8 Å². The summed E-state index contributed by atoms with van der Waals surface area (Å²) in [5, 5.41) is 8.85. The number of carboxylic acid groups (broad SMARTS) is 1. The van der Waals surface area contributed by atoms with Gasteiger partial charge in [-0.2, -0.15) is 0 Å².